The lowest BCUT2D eigenvalue weighted by Crippen LogP contribution is -2.45. The number of nitrogens with zero attached hydrogens (tertiary/aromatic N) is 1. The first-order valence-electron chi connectivity index (χ1n) is 6.43. The molecule has 20 heavy (non-hydrogen) atoms. The maximum atomic E-state index is 13.0. The average molecular weight is 283 g/mol. The zero-order valence-corrected chi connectivity index (χ0v) is 12.1. The fraction of sp³-hybridized carbons (Fsp3) is 0.500. The van der Waals surface area contributed by atoms with Crippen molar-refractivity contribution in [2.75, 3.05) is 31.2 Å². The van der Waals surface area contributed by atoms with Gasteiger partial charge in [0.25, 0.3) is 0 Å². The maximum Gasteiger partial charge on any atom is 0.225 e. The van der Waals surface area contributed by atoms with E-state index in [0.29, 0.717) is 12.2 Å². The molecule has 0 atom stereocenters. The monoisotopic (exact) mass is 283 g/mol. The van der Waals surface area contributed by atoms with Gasteiger partial charge in [0, 0.05) is 24.2 Å². The summed E-state index contributed by atoms with van der Waals surface area (Å²) in [6.07, 6.45) is 0.275. The highest BCUT2D eigenvalue weighted by Crippen LogP contribution is 2.17. The molecule has 0 bridgehead atoms. The highest BCUT2D eigenvalue weighted by molar-refractivity contribution is 5.91. The van der Waals surface area contributed by atoms with Gasteiger partial charge in [0.05, 0.1) is 12.3 Å². The molecule has 0 saturated carbocycles. The number of carbonyl (C=O) groups excluding carboxylic acids is 1. The second-order valence-corrected chi connectivity index (χ2v) is 5.43. The molecule has 0 spiro atoms. The summed E-state index contributed by atoms with van der Waals surface area (Å²) in [6.45, 7) is 4.31. The van der Waals surface area contributed by atoms with Gasteiger partial charge in [0.15, 0.2) is 0 Å². The van der Waals surface area contributed by atoms with Crippen LogP contribution in [-0.4, -0.2) is 41.7 Å². The summed E-state index contributed by atoms with van der Waals surface area (Å²) in [5, 5.41) is 11.9. The normalized spacial score (nSPS) is 11.7. The van der Waals surface area contributed by atoms with Crippen LogP contribution in [0.1, 0.15) is 20.3 Å². The second-order valence-electron chi connectivity index (χ2n) is 5.43. The number of hydrogen-bond donors (Lipinski definition) is 3. The lowest BCUT2D eigenvalue weighted by molar-refractivity contribution is -0.116. The molecule has 0 saturated heterocycles. The standard InChI is InChI=1S/C14H22FN3O2/c1-14(2,9-19)18(3)7-6-13(20)17-10-4-5-11(15)12(16)8-10/h4-5,8,19H,6-7,9,16H2,1-3H3,(H,17,20). The molecule has 0 aromatic heterocycles. The second kappa shape index (κ2) is 6.67. The Morgan fingerprint density at radius 2 is 2.15 bits per heavy atom. The number of benzene rings is 1. The van der Waals surface area contributed by atoms with Crippen LogP contribution in [0.25, 0.3) is 0 Å². The summed E-state index contributed by atoms with van der Waals surface area (Å²) in [5.74, 6) is -0.691. The molecule has 0 aliphatic heterocycles. The highest BCUT2D eigenvalue weighted by Gasteiger charge is 2.22. The van der Waals surface area contributed by atoms with Gasteiger partial charge in [-0.1, -0.05) is 0 Å². The predicted molar refractivity (Wildman–Crippen MR) is 77.9 cm³/mol. The summed E-state index contributed by atoms with van der Waals surface area (Å²) >= 11 is 0. The first-order chi connectivity index (χ1) is 9.26. The third-order valence-electron chi connectivity index (χ3n) is 3.37. The lowest BCUT2D eigenvalue weighted by Gasteiger charge is -2.33. The van der Waals surface area contributed by atoms with Crippen molar-refractivity contribution in [2.24, 2.45) is 0 Å². The number of hydrogen-bond acceptors (Lipinski definition) is 4. The number of nitrogen functional groups attached to an aromatic ring is 1. The van der Waals surface area contributed by atoms with Gasteiger partial charge in [-0.25, -0.2) is 4.39 Å². The number of halogens is 1. The van der Waals surface area contributed by atoms with Crippen LogP contribution in [0.15, 0.2) is 18.2 Å². The van der Waals surface area contributed by atoms with Crippen LogP contribution in [0, 0.1) is 5.82 Å². The molecule has 0 heterocycles. The van der Waals surface area contributed by atoms with Gasteiger partial charge in [-0.15, -0.1) is 0 Å². The first-order valence-corrected chi connectivity index (χ1v) is 6.43. The van der Waals surface area contributed by atoms with E-state index >= 15 is 0 Å². The lowest BCUT2D eigenvalue weighted by atomic mass is 10.1. The molecule has 112 valence electrons. The molecular weight excluding hydrogens is 261 g/mol. The van der Waals surface area contributed by atoms with Crippen molar-refractivity contribution in [1.29, 1.82) is 0 Å². The minimum atomic E-state index is -0.507. The SMILES string of the molecule is CN(CCC(=O)Nc1ccc(F)c(N)c1)C(C)(C)CO. The zero-order valence-electron chi connectivity index (χ0n) is 12.1. The van der Waals surface area contributed by atoms with Gasteiger partial charge < -0.3 is 16.2 Å². The number of aliphatic hydroxyl groups is 1. The third-order valence-corrected chi connectivity index (χ3v) is 3.37. The summed E-state index contributed by atoms with van der Waals surface area (Å²) in [7, 11) is 1.85. The number of likely N-dealkylation sites (N-methyl/N-ethyl adjacent to an activating group) is 1. The number of aliphatic hydroxyl groups excluding tert-OH is 1. The van der Waals surface area contributed by atoms with E-state index in [4.69, 9.17) is 5.73 Å². The van der Waals surface area contributed by atoms with Crippen LogP contribution in [0.4, 0.5) is 15.8 Å². The Labute approximate surface area is 118 Å². The molecule has 1 aromatic rings. The predicted octanol–water partition coefficient (Wildman–Crippen LogP) is 1.44. The van der Waals surface area contributed by atoms with Gasteiger partial charge in [-0.3, -0.25) is 9.69 Å². The summed E-state index contributed by atoms with van der Waals surface area (Å²) in [6, 6.07) is 4.06. The van der Waals surface area contributed by atoms with E-state index in [1.807, 2.05) is 25.8 Å². The van der Waals surface area contributed by atoms with Crippen molar-refractivity contribution in [3.63, 3.8) is 0 Å². The van der Waals surface area contributed by atoms with E-state index in [-0.39, 0.29) is 30.2 Å². The van der Waals surface area contributed by atoms with Crippen molar-refractivity contribution in [3.05, 3.63) is 24.0 Å². The van der Waals surface area contributed by atoms with Crippen LogP contribution >= 0.6 is 0 Å². The van der Waals surface area contributed by atoms with Crippen molar-refractivity contribution in [2.45, 2.75) is 25.8 Å². The third kappa shape index (κ3) is 4.47. The Balaban J connectivity index is 2.50. The Bertz CT molecular complexity index is 477. The highest BCUT2D eigenvalue weighted by atomic mass is 19.1. The van der Waals surface area contributed by atoms with Crippen LogP contribution in [0.2, 0.25) is 0 Å². The molecule has 0 unspecified atom stereocenters. The van der Waals surface area contributed by atoms with Crippen molar-refractivity contribution >= 4 is 17.3 Å². The number of nitrogens with one attached hydrogen (secondary N) is 1. The topological polar surface area (TPSA) is 78.6 Å². The van der Waals surface area contributed by atoms with Gasteiger partial charge >= 0.3 is 0 Å². The van der Waals surface area contributed by atoms with Gasteiger partial charge in [0.2, 0.25) is 5.91 Å². The van der Waals surface area contributed by atoms with Crippen molar-refractivity contribution in [3.8, 4) is 0 Å². The summed E-state index contributed by atoms with van der Waals surface area (Å²) in [4.78, 5) is 13.7. The van der Waals surface area contributed by atoms with E-state index in [1.54, 1.807) is 0 Å². The number of amides is 1. The molecule has 0 radical (unpaired) electrons. The molecule has 1 aromatic carbocycles. The van der Waals surface area contributed by atoms with Crippen LogP contribution in [0.3, 0.4) is 0 Å². The van der Waals surface area contributed by atoms with E-state index < -0.39 is 5.82 Å². The maximum absolute atomic E-state index is 13.0. The molecule has 6 heteroatoms. The largest absolute Gasteiger partial charge is 0.396 e. The van der Waals surface area contributed by atoms with Gasteiger partial charge in [-0.2, -0.15) is 0 Å². The quantitative estimate of drug-likeness (QED) is 0.690. The Morgan fingerprint density at radius 1 is 1.50 bits per heavy atom. The molecule has 5 nitrogen and oxygen atoms in total. The first kappa shape index (κ1) is 16.4. The van der Waals surface area contributed by atoms with E-state index in [2.05, 4.69) is 5.32 Å². The number of anilines is 2. The number of rotatable bonds is 6. The van der Waals surface area contributed by atoms with Crippen LogP contribution < -0.4 is 11.1 Å². The van der Waals surface area contributed by atoms with Crippen LogP contribution in [0.5, 0.6) is 0 Å². The molecule has 4 N–H and O–H groups in total. The fourth-order valence-corrected chi connectivity index (χ4v) is 1.54. The number of carbonyl (C=O) groups is 1. The Morgan fingerprint density at radius 3 is 2.70 bits per heavy atom. The molecule has 0 aliphatic rings. The van der Waals surface area contributed by atoms with Gasteiger partial charge in [-0.05, 0) is 39.1 Å². The van der Waals surface area contributed by atoms with E-state index in [0.717, 1.165) is 0 Å². The van der Waals surface area contributed by atoms with Crippen molar-refractivity contribution in [1.82, 2.24) is 4.90 Å². The Hall–Kier alpha value is -1.66. The minimum absolute atomic E-state index is 0.00123. The van der Waals surface area contributed by atoms with Crippen LogP contribution in [-0.2, 0) is 4.79 Å². The van der Waals surface area contributed by atoms with Crippen molar-refractivity contribution < 1.29 is 14.3 Å². The number of nitrogens with two attached hydrogens (primary N) is 1. The average Bonchev–Trinajstić information content (AvgIpc) is 2.40. The molecule has 0 fully saturated rings. The molecule has 1 rings (SSSR count). The van der Waals surface area contributed by atoms with Gasteiger partial charge in [0.1, 0.15) is 5.82 Å². The Kier molecular flexibility index (Phi) is 5.47. The molecule has 0 aliphatic carbocycles. The summed E-state index contributed by atoms with van der Waals surface area (Å²) < 4.78 is 13.0. The fourth-order valence-electron chi connectivity index (χ4n) is 1.54. The zero-order chi connectivity index (χ0) is 15.3. The summed E-state index contributed by atoms with van der Waals surface area (Å²) in [5.41, 5.74) is 5.53. The smallest absolute Gasteiger partial charge is 0.225 e. The minimum Gasteiger partial charge on any atom is -0.396 e. The van der Waals surface area contributed by atoms with E-state index in [1.165, 1.54) is 18.2 Å². The molecule has 1 amide bonds. The van der Waals surface area contributed by atoms with E-state index in [9.17, 15) is 14.3 Å². The molecular formula is C14H22FN3O2.